The number of nitrogens with one attached hydrogen (secondary N) is 2. The number of nitrogens with zero attached hydrogens (tertiary/aromatic N) is 4. The predicted octanol–water partition coefficient (Wildman–Crippen LogP) is 3.25. The van der Waals surface area contributed by atoms with Crippen molar-refractivity contribution in [1.29, 1.82) is 0 Å². The molecule has 17 heteroatoms. The lowest BCUT2D eigenvalue weighted by molar-refractivity contribution is -0.384. The number of carbonyl (C=O) groups excluding carboxylic acids is 2. The molecule has 1 aliphatic rings. The number of hydrogen-bond acceptors (Lipinski definition) is 10. The zero-order valence-corrected chi connectivity index (χ0v) is 18.7. The first kappa shape index (κ1) is 25.4. The monoisotopic (exact) mass is 526 g/mol. The Morgan fingerprint density at radius 2 is 2.00 bits per heavy atom. The quantitative estimate of drug-likeness (QED) is 0.201. The molecule has 1 fully saturated rings. The fraction of sp³-hybridized carbons (Fsp3) is 0.300. The Hall–Kier alpha value is -4.67. The van der Waals surface area contributed by atoms with Gasteiger partial charge in [-0.2, -0.15) is 5.10 Å². The topological polar surface area (TPSA) is 173 Å². The molecule has 196 valence electrons. The fourth-order valence-electron chi connectivity index (χ4n) is 3.36. The largest absolute Gasteiger partial charge is 0.574 e. The van der Waals surface area contributed by atoms with Crippen LogP contribution in [0, 0.1) is 10.1 Å². The molecule has 3 aromatic rings. The van der Waals surface area contributed by atoms with Crippen LogP contribution in [0.2, 0.25) is 0 Å². The van der Waals surface area contributed by atoms with Crippen LogP contribution in [0.15, 0.2) is 36.4 Å². The number of H-pyrrole nitrogens is 1. The predicted molar refractivity (Wildman–Crippen MR) is 114 cm³/mol. The third kappa shape index (κ3) is 6.51. The van der Waals surface area contributed by atoms with E-state index in [9.17, 15) is 32.9 Å². The van der Waals surface area contributed by atoms with Crippen molar-refractivity contribution in [2.75, 3.05) is 11.9 Å². The highest BCUT2D eigenvalue weighted by molar-refractivity contribution is 6.02. The summed E-state index contributed by atoms with van der Waals surface area (Å²) in [5.74, 6) is -1.46. The Balaban J connectivity index is 1.29. The van der Waals surface area contributed by atoms with E-state index < -0.39 is 41.4 Å². The van der Waals surface area contributed by atoms with Crippen molar-refractivity contribution in [3.8, 4) is 11.6 Å². The van der Waals surface area contributed by atoms with E-state index in [1.807, 2.05) is 0 Å². The van der Waals surface area contributed by atoms with Gasteiger partial charge in [-0.05, 0) is 12.1 Å². The molecule has 14 nitrogen and oxygen atoms in total. The number of nitro benzene ring substituents is 1. The third-order valence-corrected chi connectivity index (χ3v) is 4.97. The van der Waals surface area contributed by atoms with Gasteiger partial charge in [0.2, 0.25) is 5.88 Å². The number of halogens is 3. The molecule has 2 atom stereocenters. The number of anilines is 1. The van der Waals surface area contributed by atoms with Crippen molar-refractivity contribution in [3.63, 3.8) is 0 Å². The van der Waals surface area contributed by atoms with Crippen molar-refractivity contribution in [3.05, 3.63) is 57.9 Å². The van der Waals surface area contributed by atoms with E-state index >= 15 is 0 Å². The van der Waals surface area contributed by atoms with Gasteiger partial charge in [0.25, 0.3) is 11.6 Å². The van der Waals surface area contributed by atoms with E-state index in [4.69, 9.17) is 14.2 Å². The van der Waals surface area contributed by atoms with E-state index in [2.05, 4.69) is 25.3 Å². The van der Waals surface area contributed by atoms with Crippen molar-refractivity contribution < 1.29 is 46.6 Å². The summed E-state index contributed by atoms with van der Waals surface area (Å²) in [6, 6.07) is 7.13. The number of rotatable bonds is 7. The molecular formula is C20H17F3N6O8. The molecule has 37 heavy (non-hydrogen) atoms. The van der Waals surface area contributed by atoms with Crippen molar-refractivity contribution in [2.24, 2.45) is 7.05 Å². The van der Waals surface area contributed by atoms with Crippen LogP contribution in [-0.4, -0.2) is 56.0 Å². The molecule has 0 radical (unpaired) electrons. The van der Waals surface area contributed by atoms with Gasteiger partial charge in [-0.15, -0.1) is 18.3 Å². The van der Waals surface area contributed by atoms with Crippen LogP contribution >= 0.6 is 0 Å². The number of aromatic nitrogens is 4. The Labute approximate surface area is 204 Å². The van der Waals surface area contributed by atoms with Crippen LogP contribution in [-0.2, 0) is 16.5 Å². The van der Waals surface area contributed by atoms with E-state index in [-0.39, 0.29) is 36.0 Å². The zero-order valence-electron chi connectivity index (χ0n) is 18.7. The SMILES string of the molecule is Cn1nc(OC(F)(F)F)cc1C(=O)Nc1cc(C2CC(OC(=O)Oc3ccc([N+](=O)[O-])cc3)CO2)[nH]n1. The first-order valence-electron chi connectivity index (χ1n) is 10.4. The maximum Gasteiger partial charge on any atom is 0.574 e. The van der Waals surface area contributed by atoms with E-state index in [0.717, 1.165) is 10.7 Å². The summed E-state index contributed by atoms with van der Waals surface area (Å²) in [6.45, 7) is 0.0394. The minimum Gasteiger partial charge on any atom is -0.428 e. The molecule has 1 aromatic carbocycles. The summed E-state index contributed by atoms with van der Waals surface area (Å²) in [7, 11) is 1.27. The average Bonchev–Trinajstić information content (AvgIpc) is 3.53. The van der Waals surface area contributed by atoms with Crippen LogP contribution in [0.3, 0.4) is 0 Å². The maximum absolute atomic E-state index is 12.4. The van der Waals surface area contributed by atoms with E-state index in [0.29, 0.717) is 5.69 Å². The first-order valence-corrected chi connectivity index (χ1v) is 10.4. The molecular weight excluding hydrogens is 509 g/mol. The van der Waals surface area contributed by atoms with Gasteiger partial charge in [0, 0.05) is 37.7 Å². The highest BCUT2D eigenvalue weighted by atomic mass is 19.4. The molecule has 3 heterocycles. The van der Waals surface area contributed by atoms with Gasteiger partial charge in [-0.25, -0.2) is 4.79 Å². The second-order valence-electron chi connectivity index (χ2n) is 7.60. The lowest BCUT2D eigenvalue weighted by Gasteiger charge is -2.10. The van der Waals surface area contributed by atoms with Gasteiger partial charge < -0.3 is 24.3 Å². The number of ether oxygens (including phenoxy) is 4. The molecule has 0 aliphatic carbocycles. The van der Waals surface area contributed by atoms with Gasteiger partial charge in [-0.1, -0.05) is 0 Å². The lowest BCUT2D eigenvalue weighted by atomic mass is 10.1. The maximum atomic E-state index is 12.4. The van der Waals surface area contributed by atoms with Gasteiger partial charge >= 0.3 is 12.5 Å². The summed E-state index contributed by atoms with van der Waals surface area (Å²) in [5, 5.41) is 23.2. The molecule has 0 bridgehead atoms. The van der Waals surface area contributed by atoms with Crippen LogP contribution in [0.1, 0.15) is 28.7 Å². The van der Waals surface area contributed by atoms with Gasteiger partial charge in [0.1, 0.15) is 23.7 Å². The minimum atomic E-state index is -4.95. The molecule has 1 aliphatic heterocycles. The number of aryl methyl sites for hydroxylation is 1. The number of amides is 1. The van der Waals surface area contributed by atoms with Gasteiger partial charge in [0.05, 0.1) is 17.2 Å². The summed E-state index contributed by atoms with van der Waals surface area (Å²) in [5.41, 5.74) is 0.0700. The number of hydrogen-bond donors (Lipinski definition) is 2. The number of non-ortho nitro benzene ring substituents is 1. The highest BCUT2D eigenvalue weighted by Crippen LogP contribution is 2.31. The summed E-state index contributed by atoms with van der Waals surface area (Å²) in [4.78, 5) is 34.5. The lowest BCUT2D eigenvalue weighted by Crippen LogP contribution is -2.20. The molecule has 2 aromatic heterocycles. The molecule has 4 rings (SSSR count). The Bertz CT molecular complexity index is 1310. The Kier molecular flexibility index (Phi) is 6.96. The van der Waals surface area contributed by atoms with E-state index in [1.54, 1.807) is 0 Å². The van der Waals surface area contributed by atoms with Crippen LogP contribution in [0.5, 0.6) is 11.6 Å². The van der Waals surface area contributed by atoms with Crippen molar-refractivity contribution in [2.45, 2.75) is 25.0 Å². The van der Waals surface area contributed by atoms with Crippen LogP contribution < -0.4 is 14.8 Å². The zero-order chi connectivity index (χ0) is 26.7. The van der Waals surface area contributed by atoms with Gasteiger partial charge in [0.15, 0.2) is 5.82 Å². The number of aromatic amines is 1. The molecule has 2 unspecified atom stereocenters. The average molecular weight is 526 g/mol. The van der Waals surface area contributed by atoms with Crippen molar-refractivity contribution >= 4 is 23.6 Å². The number of carbonyl (C=O) groups is 2. The summed E-state index contributed by atoms with van der Waals surface area (Å²) >= 11 is 0. The first-order chi connectivity index (χ1) is 17.5. The molecule has 0 saturated carbocycles. The Morgan fingerprint density at radius 1 is 1.27 bits per heavy atom. The van der Waals surface area contributed by atoms with Crippen molar-refractivity contribution in [1.82, 2.24) is 20.0 Å². The minimum absolute atomic E-state index is 0.0394. The van der Waals surface area contributed by atoms with Crippen LogP contribution in [0.25, 0.3) is 0 Å². The third-order valence-electron chi connectivity index (χ3n) is 4.97. The second kappa shape index (κ2) is 10.1. The number of benzene rings is 1. The highest BCUT2D eigenvalue weighted by Gasteiger charge is 2.34. The van der Waals surface area contributed by atoms with Crippen LogP contribution in [0.4, 0.5) is 29.5 Å². The standard InChI is InChI=1S/C20H17F3N6O8/c1-28-14(8-17(27-28)37-20(21,22)23)18(30)24-16-7-13(25-26-16)15-6-12(9-34-15)36-19(31)35-11-4-2-10(3-5-11)29(32)33/h2-5,7-8,12,15H,6,9H2,1H3,(H2,24,25,26,30). The molecule has 1 saturated heterocycles. The molecule has 2 N–H and O–H groups in total. The van der Waals surface area contributed by atoms with Gasteiger partial charge in [-0.3, -0.25) is 24.7 Å². The number of alkyl halides is 3. The normalized spacial score (nSPS) is 17.3. The molecule has 0 spiro atoms. The Morgan fingerprint density at radius 3 is 2.68 bits per heavy atom. The fourth-order valence-corrected chi connectivity index (χ4v) is 3.36. The number of nitro groups is 1. The smallest absolute Gasteiger partial charge is 0.428 e. The molecule has 1 amide bonds. The second-order valence-corrected chi connectivity index (χ2v) is 7.60. The van der Waals surface area contributed by atoms with E-state index in [1.165, 1.54) is 37.4 Å². The summed E-state index contributed by atoms with van der Waals surface area (Å²) in [6.07, 6.45) is -6.99. The summed E-state index contributed by atoms with van der Waals surface area (Å²) < 4.78 is 57.5.